The van der Waals surface area contributed by atoms with E-state index in [2.05, 4.69) is 4.85 Å². The molecule has 0 N–H and O–H groups in total. The Balaban J connectivity index is 2.78. The van der Waals surface area contributed by atoms with Gasteiger partial charge in [0.2, 0.25) is 5.78 Å². The van der Waals surface area contributed by atoms with Crippen molar-refractivity contribution < 1.29 is 9.18 Å². The lowest BCUT2D eigenvalue weighted by molar-refractivity contribution is -0.116. The molecular weight excluding hydrogens is 205 g/mol. The quantitative estimate of drug-likeness (QED) is 0.704. The van der Waals surface area contributed by atoms with E-state index in [1.54, 1.807) is 0 Å². The van der Waals surface area contributed by atoms with Crippen LogP contribution < -0.4 is 0 Å². The highest BCUT2D eigenvalue weighted by Crippen LogP contribution is 2.17. The fourth-order valence-corrected chi connectivity index (χ4v) is 1.26. The highest BCUT2D eigenvalue weighted by molar-refractivity contribution is 6.31. The zero-order valence-corrected chi connectivity index (χ0v) is 8.01. The Morgan fingerprint density at radius 2 is 2.29 bits per heavy atom. The van der Waals surface area contributed by atoms with Gasteiger partial charge in [-0.25, -0.2) is 11.0 Å². The maximum Gasteiger partial charge on any atom is 0.272 e. The van der Waals surface area contributed by atoms with E-state index in [1.807, 2.05) is 0 Å². The molecule has 0 amide bonds. The molecule has 14 heavy (non-hydrogen) atoms. The maximum absolute atomic E-state index is 12.6. The van der Waals surface area contributed by atoms with E-state index >= 15 is 0 Å². The minimum atomic E-state index is -0.434. The molecule has 4 heteroatoms. The summed E-state index contributed by atoms with van der Waals surface area (Å²) in [6, 6.07) is 3.86. The van der Waals surface area contributed by atoms with Crippen LogP contribution in [0.15, 0.2) is 18.2 Å². The Bertz CT molecular complexity index is 398. The van der Waals surface area contributed by atoms with Crippen molar-refractivity contribution in [3.8, 4) is 0 Å². The third-order valence-corrected chi connectivity index (χ3v) is 2.01. The Hall–Kier alpha value is -1.40. The Kier molecular flexibility index (Phi) is 3.61. The second-order valence-corrected chi connectivity index (χ2v) is 3.17. The van der Waals surface area contributed by atoms with Gasteiger partial charge in [-0.2, -0.15) is 0 Å². The number of rotatable bonds is 3. The van der Waals surface area contributed by atoms with E-state index in [1.165, 1.54) is 12.1 Å². The van der Waals surface area contributed by atoms with Crippen molar-refractivity contribution in [1.82, 2.24) is 0 Å². The molecule has 0 fully saturated rings. The molecule has 0 aliphatic carbocycles. The van der Waals surface area contributed by atoms with Crippen molar-refractivity contribution in [3.05, 3.63) is 46.0 Å². The lowest BCUT2D eigenvalue weighted by atomic mass is 10.1. The van der Waals surface area contributed by atoms with Gasteiger partial charge < -0.3 is 4.85 Å². The molecule has 1 aromatic rings. The summed E-state index contributed by atoms with van der Waals surface area (Å²) in [4.78, 5) is 14.0. The number of hydrogen-bond donors (Lipinski definition) is 0. The number of carbonyl (C=O) groups excluding carboxylic acids is 1. The van der Waals surface area contributed by atoms with E-state index in [-0.39, 0.29) is 23.8 Å². The van der Waals surface area contributed by atoms with Gasteiger partial charge in [-0.05, 0) is 17.7 Å². The first-order chi connectivity index (χ1) is 6.63. The molecule has 0 radical (unpaired) electrons. The molecule has 0 saturated heterocycles. The first-order valence-electron chi connectivity index (χ1n) is 3.92. The summed E-state index contributed by atoms with van der Waals surface area (Å²) >= 11 is 5.70. The van der Waals surface area contributed by atoms with Crippen LogP contribution in [-0.2, 0) is 11.2 Å². The van der Waals surface area contributed by atoms with E-state index in [4.69, 9.17) is 18.2 Å². The monoisotopic (exact) mass is 211 g/mol. The van der Waals surface area contributed by atoms with Crippen molar-refractivity contribution >= 4 is 17.4 Å². The van der Waals surface area contributed by atoms with Gasteiger partial charge >= 0.3 is 0 Å². The number of ketones is 1. The largest absolute Gasteiger partial charge is 0.309 e. The van der Waals surface area contributed by atoms with Gasteiger partial charge in [0, 0.05) is 11.4 Å². The molecule has 0 unspecified atom stereocenters. The fraction of sp³-hybridized carbons (Fsp3) is 0.200. The number of halogens is 2. The number of carbonyl (C=O) groups is 1. The van der Waals surface area contributed by atoms with Gasteiger partial charge in [0.25, 0.3) is 6.54 Å². The minimum Gasteiger partial charge on any atom is -0.309 e. The number of benzene rings is 1. The first kappa shape index (κ1) is 10.7. The van der Waals surface area contributed by atoms with Gasteiger partial charge in [-0.15, -0.1) is 0 Å². The van der Waals surface area contributed by atoms with Crippen LogP contribution >= 0.6 is 11.6 Å². The van der Waals surface area contributed by atoms with E-state index in [9.17, 15) is 9.18 Å². The summed E-state index contributed by atoms with van der Waals surface area (Å²) in [7, 11) is 0. The number of nitrogens with zero attached hydrogens (tertiary/aromatic N) is 1. The van der Waals surface area contributed by atoms with Gasteiger partial charge in [0.1, 0.15) is 5.82 Å². The van der Waals surface area contributed by atoms with Crippen LogP contribution in [-0.4, -0.2) is 12.3 Å². The predicted molar refractivity (Wildman–Crippen MR) is 51.6 cm³/mol. The third-order valence-electron chi connectivity index (χ3n) is 1.66. The third kappa shape index (κ3) is 2.82. The van der Waals surface area contributed by atoms with Gasteiger partial charge in [-0.1, -0.05) is 17.7 Å². The zero-order valence-electron chi connectivity index (χ0n) is 7.26. The van der Waals surface area contributed by atoms with Gasteiger partial charge in [0.15, 0.2) is 0 Å². The van der Waals surface area contributed by atoms with Gasteiger partial charge in [0.05, 0.1) is 0 Å². The molecule has 0 spiro atoms. The molecule has 0 heterocycles. The zero-order chi connectivity index (χ0) is 10.6. The van der Waals surface area contributed by atoms with Crippen LogP contribution in [0.1, 0.15) is 5.56 Å². The number of Topliss-reactive ketones (excluding diaryl/α,β-unsaturated/α-hetero) is 1. The van der Waals surface area contributed by atoms with Crippen LogP contribution in [0.3, 0.4) is 0 Å². The number of hydrogen-bond acceptors (Lipinski definition) is 1. The van der Waals surface area contributed by atoms with Crippen LogP contribution in [0, 0.1) is 12.4 Å². The van der Waals surface area contributed by atoms with E-state index < -0.39 is 5.82 Å². The van der Waals surface area contributed by atoms with Crippen LogP contribution in [0.4, 0.5) is 4.39 Å². The summed E-state index contributed by atoms with van der Waals surface area (Å²) in [6.45, 7) is 6.34. The summed E-state index contributed by atoms with van der Waals surface area (Å²) in [5.41, 5.74) is 0.557. The van der Waals surface area contributed by atoms with E-state index in [0.717, 1.165) is 6.07 Å². The topological polar surface area (TPSA) is 21.4 Å². The maximum atomic E-state index is 12.6. The fourth-order valence-electron chi connectivity index (χ4n) is 1.02. The average molecular weight is 212 g/mol. The molecule has 0 aromatic heterocycles. The minimum absolute atomic E-state index is 0.0848. The second kappa shape index (κ2) is 4.73. The van der Waals surface area contributed by atoms with Crippen molar-refractivity contribution in [1.29, 1.82) is 0 Å². The van der Waals surface area contributed by atoms with Gasteiger partial charge in [-0.3, -0.25) is 4.79 Å². The second-order valence-electron chi connectivity index (χ2n) is 2.77. The molecule has 0 aliphatic heterocycles. The molecule has 0 aliphatic rings. The normalized spacial score (nSPS) is 9.50. The smallest absolute Gasteiger partial charge is 0.272 e. The molecule has 0 atom stereocenters. The molecule has 1 rings (SSSR count). The average Bonchev–Trinajstić information content (AvgIpc) is 2.10. The highest BCUT2D eigenvalue weighted by Gasteiger charge is 2.09. The molecule has 2 nitrogen and oxygen atoms in total. The summed E-state index contributed by atoms with van der Waals surface area (Å²) < 4.78 is 12.6. The van der Waals surface area contributed by atoms with Crippen molar-refractivity contribution in [3.63, 3.8) is 0 Å². The van der Waals surface area contributed by atoms with E-state index in [0.29, 0.717) is 5.56 Å². The summed E-state index contributed by atoms with van der Waals surface area (Å²) in [5, 5.41) is 0.225. The van der Waals surface area contributed by atoms with Crippen molar-refractivity contribution in [2.75, 3.05) is 6.54 Å². The van der Waals surface area contributed by atoms with Crippen LogP contribution in [0.5, 0.6) is 0 Å². The SMILES string of the molecule is [C-]#[N+]CC(=O)Cc1ccc(F)cc1Cl. The Morgan fingerprint density at radius 3 is 2.86 bits per heavy atom. The standard InChI is InChI=1S/C10H7ClFNO/c1-13-6-9(14)4-7-2-3-8(12)5-10(7)11/h2-3,5H,4,6H2. The highest BCUT2D eigenvalue weighted by atomic mass is 35.5. The predicted octanol–water partition coefficient (Wildman–Crippen LogP) is 2.51. The lowest BCUT2D eigenvalue weighted by Gasteiger charge is -2.00. The summed E-state index contributed by atoms with van der Waals surface area (Å²) in [5.74, 6) is -0.648. The molecular formula is C10H7ClFNO. The van der Waals surface area contributed by atoms with Crippen molar-refractivity contribution in [2.45, 2.75) is 6.42 Å². The molecule has 72 valence electrons. The Labute approximate surface area is 86.1 Å². The molecule has 1 aromatic carbocycles. The Morgan fingerprint density at radius 1 is 1.57 bits per heavy atom. The first-order valence-corrected chi connectivity index (χ1v) is 4.30. The van der Waals surface area contributed by atoms with Crippen molar-refractivity contribution in [2.24, 2.45) is 0 Å². The molecule has 0 bridgehead atoms. The molecule has 0 saturated carbocycles. The van der Waals surface area contributed by atoms with Crippen LogP contribution in [0.25, 0.3) is 4.85 Å². The lowest BCUT2D eigenvalue weighted by Crippen LogP contribution is -2.05. The van der Waals surface area contributed by atoms with Crippen LogP contribution in [0.2, 0.25) is 5.02 Å². The summed E-state index contributed by atoms with van der Waals surface area (Å²) in [6.07, 6.45) is 0.0848.